The van der Waals surface area contributed by atoms with E-state index in [1.54, 1.807) is 7.11 Å². The Kier molecular flexibility index (Phi) is 9.53. The summed E-state index contributed by atoms with van der Waals surface area (Å²) in [4.78, 5) is 23.0. The Hall–Kier alpha value is -3.16. The topological polar surface area (TPSA) is 63.6 Å². The Bertz CT molecular complexity index is 1030. The smallest absolute Gasteiger partial charge is 0.257 e. The maximum atomic E-state index is 13.1. The summed E-state index contributed by atoms with van der Waals surface area (Å²) >= 11 is 0. The molecule has 0 aliphatic carbocycles. The van der Waals surface area contributed by atoms with Gasteiger partial charge in [-0.25, -0.2) is 0 Å². The number of morpholine rings is 1. The number of carbonyl (C=O) groups is 1. The molecule has 2 heterocycles. The van der Waals surface area contributed by atoms with Crippen LogP contribution in [0.15, 0.2) is 71.4 Å². The molecule has 4 rings (SSSR count). The molecule has 2 saturated heterocycles. The van der Waals surface area contributed by atoms with E-state index in [0.29, 0.717) is 17.9 Å². The quantitative estimate of drug-likeness (QED) is 0.138. The molecule has 0 bridgehead atoms. The molecule has 1 amide bonds. The highest BCUT2D eigenvalue weighted by atomic mass is 16.6. The molecule has 2 aromatic rings. The number of anilines is 1. The van der Waals surface area contributed by atoms with Crippen molar-refractivity contribution in [2.24, 2.45) is 5.16 Å². The SMILES string of the molecule is COc1ccc(N2C(=O)/C(=C/C(C)=N/OCCCCCCN3CCOCC3)C2c2ccccc2)cc1. The number of oxime groups is 1. The van der Waals surface area contributed by atoms with Gasteiger partial charge in [0.15, 0.2) is 0 Å². The van der Waals surface area contributed by atoms with Crippen molar-refractivity contribution >= 4 is 17.3 Å². The first-order valence-electron chi connectivity index (χ1n) is 12.9. The van der Waals surface area contributed by atoms with Crippen LogP contribution in [-0.4, -0.2) is 63.1 Å². The second-order valence-corrected chi connectivity index (χ2v) is 9.22. The number of ether oxygens (including phenoxy) is 2. The summed E-state index contributed by atoms with van der Waals surface area (Å²) in [6.07, 6.45) is 6.37. The Morgan fingerprint density at radius 2 is 1.75 bits per heavy atom. The molecule has 0 aromatic heterocycles. The molecule has 7 nitrogen and oxygen atoms in total. The van der Waals surface area contributed by atoms with Crippen molar-refractivity contribution in [3.8, 4) is 5.75 Å². The summed E-state index contributed by atoms with van der Waals surface area (Å²) in [7, 11) is 1.63. The van der Waals surface area contributed by atoms with Gasteiger partial charge in [0.25, 0.3) is 5.91 Å². The summed E-state index contributed by atoms with van der Waals surface area (Å²) in [6.45, 7) is 7.44. The lowest BCUT2D eigenvalue weighted by molar-refractivity contribution is -0.119. The normalized spacial score (nSPS) is 19.9. The van der Waals surface area contributed by atoms with E-state index in [-0.39, 0.29) is 11.9 Å². The number of hydrogen-bond acceptors (Lipinski definition) is 6. The minimum absolute atomic E-state index is 0.0242. The number of carbonyl (C=O) groups excluding carboxylic acids is 1. The minimum Gasteiger partial charge on any atom is -0.497 e. The fourth-order valence-electron chi connectivity index (χ4n) is 4.64. The molecule has 2 fully saturated rings. The lowest BCUT2D eigenvalue weighted by atomic mass is 9.86. The van der Waals surface area contributed by atoms with Crippen LogP contribution < -0.4 is 9.64 Å². The summed E-state index contributed by atoms with van der Waals surface area (Å²) < 4.78 is 10.7. The van der Waals surface area contributed by atoms with Crippen molar-refractivity contribution in [1.29, 1.82) is 0 Å². The summed E-state index contributed by atoms with van der Waals surface area (Å²) in [5.74, 6) is 0.736. The predicted octanol–water partition coefficient (Wildman–Crippen LogP) is 4.99. The molecule has 192 valence electrons. The highest BCUT2D eigenvalue weighted by Gasteiger charge is 2.43. The van der Waals surface area contributed by atoms with Crippen LogP contribution in [0, 0.1) is 0 Å². The van der Waals surface area contributed by atoms with E-state index in [1.165, 1.54) is 12.8 Å². The summed E-state index contributed by atoms with van der Waals surface area (Å²) in [5.41, 5.74) is 3.31. The molecular weight excluding hydrogens is 454 g/mol. The van der Waals surface area contributed by atoms with Gasteiger partial charge in [0, 0.05) is 24.4 Å². The van der Waals surface area contributed by atoms with Gasteiger partial charge in [-0.05, 0) is 68.6 Å². The van der Waals surface area contributed by atoms with Gasteiger partial charge in [-0.15, -0.1) is 0 Å². The molecule has 1 atom stereocenters. The third kappa shape index (κ3) is 6.74. The van der Waals surface area contributed by atoms with E-state index < -0.39 is 0 Å². The number of β-lactam (4-membered cyclic amide) rings is 1. The molecule has 2 aromatic carbocycles. The monoisotopic (exact) mass is 491 g/mol. The number of amides is 1. The van der Waals surface area contributed by atoms with Crippen molar-refractivity contribution in [3.63, 3.8) is 0 Å². The van der Waals surface area contributed by atoms with Gasteiger partial charge in [-0.3, -0.25) is 14.6 Å². The molecular formula is C29H37N3O4. The predicted molar refractivity (Wildman–Crippen MR) is 143 cm³/mol. The van der Waals surface area contributed by atoms with E-state index in [2.05, 4.69) is 10.1 Å². The van der Waals surface area contributed by atoms with Crippen LogP contribution >= 0.6 is 0 Å². The maximum Gasteiger partial charge on any atom is 0.257 e. The first kappa shape index (κ1) is 25.9. The Morgan fingerprint density at radius 3 is 2.47 bits per heavy atom. The number of rotatable bonds is 12. The van der Waals surface area contributed by atoms with Crippen molar-refractivity contribution < 1.29 is 19.1 Å². The van der Waals surface area contributed by atoms with E-state index in [1.807, 2.05) is 72.5 Å². The van der Waals surface area contributed by atoms with E-state index in [4.69, 9.17) is 14.3 Å². The van der Waals surface area contributed by atoms with Gasteiger partial charge < -0.3 is 14.3 Å². The Labute approximate surface area is 214 Å². The van der Waals surface area contributed by atoms with E-state index in [0.717, 1.165) is 62.7 Å². The highest BCUT2D eigenvalue weighted by Crippen LogP contribution is 2.43. The molecule has 7 heteroatoms. The lowest BCUT2D eigenvalue weighted by Crippen LogP contribution is -2.49. The number of nitrogens with zero attached hydrogens (tertiary/aromatic N) is 3. The Balaban J connectivity index is 1.29. The van der Waals surface area contributed by atoms with E-state index in [9.17, 15) is 4.79 Å². The molecule has 1 unspecified atom stereocenters. The van der Waals surface area contributed by atoms with Gasteiger partial charge in [-0.2, -0.15) is 0 Å². The summed E-state index contributed by atoms with van der Waals surface area (Å²) in [5, 5.41) is 4.25. The highest BCUT2D eigenvalue weighted by molar-refractivity contribution is 6.18. The van der Waals surface area contributed by atoms with Crippen molar-refractivity contribution in [3.05, 3.63) is 71.8 Å². The number of benzene rings is 2. The number of unbranched alkanes of at least 4 members (excludes halogenated alkanes) is 3. The molecule has 36 heavy (non-hydrogen) atoms. The van der Waals surface area contributed by atoms with Gasteiger partial charge in [0.2, 0.25) is 0 Å². The first-order valence-corrected chi connectivity index (χ1v) is 12.9. The molecule has 0 N–H and O–H groups in total. The zero-order valence-corrected chi connectivity index (χ0v) is 21.4. The number of hydrogen-bond donors (Lipinski definition) is 0. The third-order valence-electron chi connectivity index (χ3n) is 6.62. The van der Waals surface area contributed by atoms with Gasteiger partial charge in [0.05, 0.1) is 32.1 Å². The lowest BCUT2D eigenvalue weighted by Gasteiger charge is -2.43. The zero-order chi connectivity index (χ0) is 25.2. The first-order chi connectivity index (χ1) is 17.7. The van der Waals surface area contributed by atoms with Crippen LogP contribution in [0.25, 0.3) is 0 Å². The standard InChI is InChI=1S/C29H37N3O4/c1-23(30-36-19-9-4-3-8-16-31-17-20-35-21-18-31)22-27-28(24-10-6-5-7-11-24)32(29(27)33)25-12-14-26(34-2)15-13-25/h5-7,10-15,22,28H,3-4,8-9,16-21H2,1-2H3/b27-22+,30-23+. The van der Waals surface area contributed by atoms with Gasteiger partial charge >= 0.3 is 0 Å². The second-order valence-electron chi connectivity index (χ2n) is 9.22. The van der Waals surface area contributed by atoms with Crippen LogP contribution in [0.2, 0.25) is 0 Å². The largest absolute Gasteiger partial charge is 0.497 e. The zero-order valence-electron chi connectivity index (χ0n) is 21.4. The van der Waals surface area contributed by atoms with Crippen molar-refractivity contribution in [2.45, 2.75) is 38.6 Å². The maximum absolute atomic E-state index is 13.1. The summed E-state index contributed by atoms with van der Waals surface area (Å²) in [6, 6.07) is 17.5. The average molecular weight is 492 g/mol. The molecule has 2 aliphatic rings. The Morgan fingerprint density at radius 1 is 1.03 bits per heavy atom. The second kappa shape index (κ2) is 13.2. The van der Waals surface area contributed by atoms with E-state index >= 15 is 0 Å². The molecule has 2 aliphatic heterocycles. The van der Waals surface area contributed by atoms with Crippen LogP contribution in [-0.2, 0) is 14.4 Å². The number of allylic oxidation sites excluding steroid dienone is 1. The van der Waals surface area contributed by atoms with Crippen molar-refractivity contribution in [2.75, 3.05) is 51.5 Å². The van der Waals surface area contributed by atoms with Crippen LogP contribution in [0.1, 0.15) is 44.2 Å². The fourth-order valence-corrected chi connectivity index (χ4v) is 4.64. The minimum atomic E-state index is -0.163. The van der Waals surface area contributed by atoms with Crippen molar-refractivity contribution in [1.82, 2.24) is 4.90 Å². The number of methoxy groups -OCH3 is 1. The van der Waals surface area contributed by atoms with Crippen LogP contribution in [0.3, 0.4) is 0 Å². The average Bonchev–Trinajstić information content (AvgIpc) is 2.93. The van der Waals surface area contributed by atoms with Gasteiger partial charge in [0.1, 0.15) is 12.4 Å². The third-order valence-corrected chi connectivity index (χ3v) is 6.62. The van der Waals surface area contributed by atoms with Crippen LogP contribution in [0.5, 0.6) is 5.75 Å². The molecule has 0 radical (unpaired) electrons. The van der Waals surface area contributed by atoms with Gasteiger partial charge in [-0.1, -0.05) is 41.9 Å². The van der Waals surface area contributed by atoms with Crippen LogP contribution in [0.4, 0.5) is 5.69 Å². The fraction of sp³-hybridized carbons (Fsp3) is 0.448. The molecule has 0 spiro atoms. The molecule has 0 saturated carbocycles.